The van der Waals surface area contributed by atoms with Gasteiger partial charge in [0, 0.05) is 13.1 Å². The Labute approximate surface area is 133 Å². The van der Waals surface area contributed by atoms with E-state index in [1.165, 1.54) is 32.1 Å². The van der Waals surface area contributed by atoms with E-state index in [9.17, 15) is 9.59 Å². The van der Waals surface area contributed by atoms with Gasteiger partial charge in [0.2, 0.25) is 11.8 Å². The number of nitrogens with one attached hydrogen (secondary N) is 2. The summed E-state index contributed by atoms with van der Waals surface area (Å²) >= 11 is 0. The van der Waals surface area contributed by atoms with Crippen molar-refractivity contribution in [2.75, 3.05) is 26.2 Å². The van der Waals surface area contributed by atoms with E-state index in [2.05, 4.69) is 15.5 Å². The first-order chi connectivity index (χ1) is 10.7. The fourth-order valence-electron chi connectivity index (χ4n) is 4.34. The molecule has 3 atom stereocenters. The third-order valence-electron chi connectivity index (χ3n) is 5.61. The highest BCUT2D eigenvalue weighted by Crippen LogP contribution is 2.35. The van der Waals surface area contributed by atoms with E-state index in [0.717, 1.165) is 50.7 Å². The molecular formula is C17H29N3O2. The number of hydrogen-bond donors (Lipinski definition) is 2. The first-order valence-corrected chi connectivity index (χ1v) is 9.02. The highest BCUT2D eigenvalue weighted by molar-refractivity contribution is 5.88. The Morgan fingerprint density at radius 1 is 1.09 bits per heavy atom. The molecule has 2 amide bonds. The van der Waals surface area contributed by atoms with Gasteiger partial charge in [-0.3, -0.25) is 14.5 Å². The van der Waals surface area contributed by atoms with E-state index in [1.54, 1.807) is 0 Å². The largest absolute Gasteiger partial charge is 0.354 e. The molecule has 0 unspecified atom stereocenters. The molecular weight excluding hydrogens is 278 g/mol. The van der Waals surface area contributed by atoms with Gasteiger partial charge in [0.15, 0.2) is 0 Å². The van der Waals surface area contributed by atoms with E-state index in [0.29, 0.717) is 6.54 Å². The average molecular weight is 307 g/mol. The third-order valence-corrected chi connectivity index (χ3v) is 5.61. The summed E-state index contributed by atoms with van der Waals surface area (Å²) in [6.07, 6.45) is 9.46. The summed E-state index contributed by atoms with van der Waals surface area (Å²) in [6.45, 7) is 3.29. The minimum atomic E-state index is -0.331. The van der Waals surface area contributed by atoms with E-state index in [-0.39, 0.29) is 17.9 Å². The number of carbonyl (C=O) groups excluding carboxylic acids is 2. The summed E-state index contributed by atoms with van der Waals surface area (Å²) in [7, 11) is 0. The van der Waals surface area contributed by atoms with Crippen molar-refractivity contribution >= 4 is 11.8 Å². The number of hydrogen-bond acceptors (Lipinski definition) is 3. The van der Waals surface area contributed by atoms with Crippen LogP contribution in [-0.4, -0.2) is 48.9 Å². The molecule has 5 nitrogen and oxygen atoms in total. The maximum Gasteiger partial charge on any atom is 0.242 e. The van der Waals surface area contributed by atoms with Crippen LogP contribution in [0.25, 0.3) is 0 Å². The molecule has 1 saturated carbocycles. The molecule has 0 aromatic carbocycles. The number of fused-ring (bicyclic) bond motifs is 1. The van der Waals surface area contributed by atoms with Gasteiger partial charge in [0.05, 0.1) is 6.54 Å². The summed E-state index contributed by atoms with van der Waals surface area (Å²) in [5.41, 5.74) is 0. The molecule has 3 rings (SSSR count). The lowest BCUT2D eigenvalue weighted by atomic mass is 9.75. The van der Waals surface area contributed by atoms with Crippen LogP contribution >= 0.6 is 0 Å². The van der Waals surface area contributed by atoms with Crippen molar-refractivity contribution < 1.29 is 9.59 Å². The van der Waals surface area contributed by atoms with Crippen LogP contribution in [-0.2, 0) is 9.59 Å². The first-order valence-electron chi connectivity index (χ1n) is 9.02. The van der Waals surface area contributed by atoms with Crippen LogP contribution < -0.4 is 10.6 Å². The van der Waals surface area contributed by atoms with Gasteiger partial charge in [-0.05, 0) is 50.5 Å². The van der Waals surface area contributed by atoms with Crippen molar-refractivity contribution in [2.45, 2.75) is 57.4 Å². The molecule has 124 valence electrons. The summed E-state index contributed by atoms with van der Waals surface area (Å²) < 4.78 is 0. The molecule has 3 aliphatic rings. The van der Waals surface area contributed by atoms with Crippen molar-refractivity contribution in [2.24, 2.45) is 11.8 Å². The molecule has 2 aliphatic heterocycles. The molecule has 2 saturated heterocycles. The molecule has 0 aromatic heterocycles. The van der Waals surface area contributed by atoms with Crippen LogP contribution in [0.15, 0.2) is 0 Å². The molecule has 5 heteroatoms. The standard InChI is InChI=1S/C17H29N3O2/c21-16(19-15-7-3-4-9-18-17(15)22)12-20-10-8-13-5-1-2-6-14(13)11-20/h13-15H,1-12H2,(H,18,22)(H,19,21)/t13-,14-,15+/m0/s1. The van der Waals surface area contributed by atoms with Gasteiger partial charge in [-0.15, -0.1) is 0 Å². The number of likely N-dealkylation sites (tertiary alicyclic amines) is 1. The van der Waals surface area contributed by atoms with Gasteiger partial charge in [0.25, 0.3) is 0 Å². The highest BCUT2D eigenvalue weighted by atomic mass is 16.2. The molecule has 3 fully saturated rings. The third kappa shape index (κ3) is 4.00. The smallest absolute Gasteiger partial charge is 0.242 e. The monoisotopic (exact) mass is 307 g/mol. The van der Waals surface area contributed by atoms with Crippen molar-refractivity contribution in [3.05, 3.63) is 0 Å². The van der Waals surface area contributed by atoms with Gasteiger partial charge in [-0.1, -0.05) is 19.3 Å². The zero-order valence-corrected chi connectivity index (χ0v) is 13.5. The number of rotatable bonds is 3. The lowest BCUT2D eigenvalue weighted by Gasteiger charge is -2.41. The molecule has 0 bridgehead atoms. The van der Waals surface area contributed by atoms with Crippen LogP contribution in [0.3, 0.4) is 0 Å². The number of amides is 2. The Hall–Kier alpha value is -1.10. The SMILES string of the molecule is O=C(CN1CC[C@@H]2CCCC[C@H]2C1)N[C@@H]1CCCCNC1=O. The molecule has 2 N–H and O–H groups in total. The molecule has 22 heavy (non-hydrogen) atoms. The van der Waals surface area contributed by atoms with Gasteiger partial charge in [0.1, 0.15) is 6.04 Å². The average Bonchev–Trinajstić information content (AvgIpc) is 2.72. The lowest BCUT2D eigenvalue weighted by molar-refractivity contribution is -0.129. The van der Waals surface area contributed by atoms with Crippen LogP contribution in [0, 0.1) is 11.8 Å². The fourth-order valence-corrected chi connectivity index (χ4v) is 4.34. The van der Waals surface area contributed by atoms with Gasteiger partial charge < -0.3 is 10.6 Å². The minimum Gasteiger partial charge on any atom is -0.354 e. The molecule has 2 heterocycles. The normalized spacial score (nSPS) is 33.5. The van der Waals surface area contributed by atoms with E-state index in [4.69, 9.17) is 0 Å². The zero-order chi connectivity index (χ0) is 15.4. The Morgan fingerprint density at radius 2 is 1.86 bits per heavy atom. The van der Waals surface area contributed by atoms with Crippen LogP contribution in [0.4, 0.5) is 0 Å². The predicted molar refractivity (Wildman–Crippen MR) is 85.3 cm³/mol. The van der Waals surface area contributed by atoms with Crippen LogP contribution in [0.5, 0.6) is 0 Å². The van der Waals surface area contributed by atoms with Gasteiger partial charge in [-0.2, -0.15) is 0 Å². The van der Waals surface area contributed by atoms with Crippen molar-refractivity contribution in [1.82, 2.24) is 15.5 Å². The van der Waals surface area contributed by atoms with Crippen LogP contribution in [0.1, 0.15) is 51.4 Å². The van der Waals surface area contributed by atoms with Gasteiger partial charge >= 0.3 is 0 Å². The van der Waals surface area contributed by atoms with Crippen LogP contribution in [0.2, 0.25) is 0 Å². The zero-order valence-electron chi connectivity index (χ0n) is 13.5. The minimum absolute atomic E-state index is 0.0105. The Kier molecular flexibility index (Phi) is 5.34. The first kappa shape index (κ1) is 15.8. The quantitative estimate of drug-likeness (QED) is 0.826. The second-order valence-electron chi connectivity index (χ2n) is 7.24. The second-order valence-corrected chi connectivity index (χ2v) is 7.24. The van der Waals surface area contributed by atoms with Crippen molar-refractivity contribution in [3.63, 3.8) is 0 Å². The molecule has 1 aliphatic carbocycles. The number of nitrogens with zero attached hydrogens (tertiary/aromatic N) is 1. The highest BCUT2D eigenvalue weighted by Gasteiger charge is 2.32. The molecule has 0 aromatic rings. The predicted octanol–water partition coefficient (Wildman–Crippen LogP) is 1.28. The molecule has 0 radical (unpaired) electrons. The number of piperidine rings is 1. The van der Waals surface area contributed by atoms with Crippen molar-refractivity contribution in [1.29, 1.82) is 0 Å². The molecule has 0 spiro atoms. The van der Waals surface area contributed by atoms with Crippen molar-refractivity contribution in [3.8, 4) is 0 Å². The fraction of sp³-hybridized carbons (Fsp3) is 0.882. The second kappa shape index (κ2) is 7.44. The topological polar surface area (TPSA) is 61.4 Å². The Morgan fingerprint density at radius 3 is 2.73 bits per heavy atom. The Bertz CT molecular complexity index is 413. The Balaban J connectivity index is 1.46. The maximum atomic E-state index is 12.3. The summed E-state index contributed by atoms with van der Waals surface area (Å²) in [5.74, 6) is 1.67. The summed E-state index contributed by atoms with van der Waals surface area (Å²) in [4.78, 5) is 26.4. The van der Waals surface area contributed by atoms with E-state index in [1.807, 2.05) is 0 Å². The summed E-state index contributed by atoms with van der Waals surface area (Å²) in [6, 6.07) is -0.331. The number of carbonyl (C=O) groups is 2. The van der Waals surface area contributed by atoms with E-state index >= 15 is 0 Å². The van der Waals surface area contributed by atoms with E-state index < -0.39 is 0 Å². The van der Waals surface area contributed by atoms with Gasteiger partial charge in [-0.25, -0.2) is 0 Å². The summed E-state index contributed by atoms with van der Waals surface area (Å²) in [5, 5.41) is 5.81. The lowest BCUT2D eigenvalue weighted by Crippen LogP contribution is -2.50. The maximum absolute atomic E-state index is 12.3.